The van der Waals surface area contributed by atoms with Crippen molar-refractivity contribution in [3.63, 3.8) is 0 Å². The number of fused-ring (bicyclic) bond motifs is 6. The monoisotopic (exact) mass is 556 g/mol. The van der Waals surface area contributed by atoms with E-state index in [0.717, 1.165) is 50.2 Å². The second-order valence-electron chi connectivity index (χ2n) is 10.5. The van der Waals surface area contributed by atoms with Crippen molar-refractivity contribution in [3.05, 3.63) is 106 Å². The van der Waals surface area contributed by atoms with E-state index >= 15 is 0 Å². The minimum Gasteiger partial charge on any atom is -0.364 e. The van der Waals surface area contributed by atoms with Crippen molar-refractivity contribution in [3.8, 4) is 11.1 Å². The van der Waals surface area contributed by atoms with Gasteiger partial charge in [-0.1, -0.05) is 56.3 Å². The summed E-state index contributed by atoms with van der Waals surface area (Å²) >= 11 is 0. The molecule has 0 fully saturated rings. The number of aryl methyl sites for hydroxylation is 2. The molecule has 7 rings (SSSR count). The van der Waals surface area contributed by atoms with Crippen LogP contribution in [0, 0.1) is 5.92 Å². The molecule has 3 aromatic heterocycles. The van der Waals surface area contributed by atoms with E-state index in [9.17, 15) is 14.4 Å². The first kappa shape index (κ1) is 26.9. The van der Waals surface area contributed by atoms with Gasteiger partial charge in [0.25, 0.3) is 5.91 Å². The number of Topliss-reactive ketones (excluding diaryl/α,β-unsaturated/α-hetero) is 2. The van der Waals surface area contributed by atoms with Crippen LogP contribution in [0.15, 0.2) is 73.6 Å². The van der Waals surface area contributed by atoms with Crippen LogP contribution in [0.25, 0.3) is 34.4 Å². The zero-order valence-electron chi connectivity index (χ0n) is 23.2. The third kappa shape index (κ3) is 4.89. The third-order valence-electron chi connectivity index (χ3n) is 7.86. The molecule has 1 amide bonds. The highest BCUT2D eigenvalue weighted by Gasteiger charge is 2.27. The maximum atomic E-state index is 12.4. The minimum absolute atomic E-state index is 0.0436. The molecule has 2 unspecified atom stereocenters. The number of nitrogens with two attached hydrogens (primary N) is 1. The van der Waals surface area contributed by atoms with Gasteiger partial charge >= 0.3 is 0 Å². The molecule has 2 aliphatic rings. The molecule has 42 heavy (non-hydrogen) atoms. The molecular weight excluding hydrogens is 528 g/mol. The molecule has 208 valence electrons. The highest BCUT2D eigenvalue weighted by atomic mass is 16.1. The lowest BCUT2D eigenvalue weighted by Crippen LogP contribution is -2.40. The maximum absolute atomic E-state index is 12.4. The number of hydrogen-bond acceptors (Lipinski definition) is 7. The van der Waals surface area contributed by atoms with Crippen LogP contribution in [0.4, 0.5) is 0 Å². The van der Waals surface area contributed by atoms with Crippen LogP contribution >= 0.6 is 0 Å². The fraction of sp³-hybridized carbons (Fsp3) is 0.182. The number of pyridine rings is 1. The number of carbonyl (C=O) groups excluding carboxylic acids is 3. The minimum atomic E-state index is -0.520. The second kappa shape index (κ2) is 10.9. The van der Waals surface area contributed by atoms with E-state index in [0.29, 0.717) is 12.2 Å². The number of amides is 1. The van der Waals surface area contributed by atoms with Crippen molar-refractivity contribution in [2.24, 2.45) is 11.7 Å². The Morgan fingerprint density at radius 3 is 2.57 bits per heavy atom. The van der Waals surface area contributed by atoms with Crippen LogP contribution in [0.5, 0.6) is 0 Å². The Balaban J connectivity index is 0.000000151. The van der Waals surface area contributed by atoms with E-state index in [1.54, 1.807) is 30.9 Å². The molecule has 5 aromatic rings. The fourth-order valence-electron chi connectivity index (χ4n) is 5.63. The number of nitrogens with zero attached hydrogens (tertiary/aromatic N) is 5. The van der Waals surface area contributed by atoms with Crippen molar-refractivity contribution in [1.29, 1.82) is 0 Å². The van der Waals surface area contributed by atoms with Gasteiger partial charge in [0.15, 0.2) is 11.4 Å². The molecule has 0 saturated carbocycles. The van der Waals surface area contributed by atoms with Gasteiger partial charge in [-0.25, -0.2) is 15.0 Å². The van der Waals surface area contributed by atoms with E-state index in [-0.39, 0.29) is 29.1 Å². The molecule has 2 N–H and O–H groups in total. The van der Waals surface area contributed by atoms with Crippen LogP contribution in [-0.2, 0) is 17.8 Å². The molecule has 2 aliphatic carbocycles. The van der Waals surface area contributed by atoms with E-state index in [1.807, 2.05) is 67.0 Å². The van der Waals surface area contributed by atoms with Gasteiger partial charge in [-0.3, -0.25) is 19.4 Å². The van der Waals surface area contributed by atoms with E-state index in [4.69, 9.17) is 5.73 Å². The summed E-state index contributed by atoms with van der Waals surface area (Å²) in [6, 6.07) is 15.4. The van der Waals surface area contributed by atoms with Gasteiger partial charge in [-0.2, -0.15) is 0 Å². The number of carbonyl (C=O) groups is 3. The first-order chi connectivity index (χ1) is 20.3. The van der Waals surface area contributed by atoms with Crippen LogP contribution in [0.2, 0.25) is 0 Å². The quantitative estimate of drug-likeness (QED) is 0.360. The van der Waals surface area contributed by atoms with Gasteiger partial charge in [0.2, 0.25) is 0 Å². The zero-order valence-corrected chi connectivity index (χ0v) is 23.2. The first-order valence-corrected chi connectivity index (χ1v) is 13.7. The Bertz CT molecular complexity index is 2010. The Labute approximate surface area is 241 Å². The SMILES string of the molecule is CC1C=c2c(ccc3c2=CC(=O)c2ccccc2-3)C(C)C1=O.NC(=O)c1cc(CCn2cnc3ncncc32)ccn1. The second-order valence-corrected chi connectivity index (χ2v) is 10.5. The Kier molecular flexibility index (Phi) is 7.00. The average molecular weight is 557 g/mol. The average Bonchev–Trinajstić information content (AvgIpc) is 3.43. The number of aromatic nitrogens is 5. The molecule has 0 spiro atoms. The van der Waals surface area contributed by atoms with Gasteiger partial charge < -0.3 is 10.3 Å². The molecule has 0 bridgehead atoms. The van der Waals surface area contributed by atoms with Crippen LogP contribution in [-0.4, -0.2) is 42.0 Å². The van der Waals surface area contributed by atoms with Crippen molar-refractivity contribution >= 4 is 40.8 Å². The summed E-state index contributed by atoms with van der Waals surface area (Å²) in [5, 5.41) is 2.02. The van der Waals surface area contributed by atoms with E-state index in [2.05, 4.69) is 19.9 Å². The van der Waals surface area contributed by atoms with Crippen molar-refractivity contribution in [2.75, 3.05) is 0 Å². The Morgan fingerprint density at radius 1 is 0.952 bits per heavy atom. The number of primary amides is 1. The van der Waals surface area contributed by atoms with Gasteiger partial charge in [-0.05, 0) is 57.3 Å². The van der Waals surface area contributed by atoms with Gasteiger partial charge in [0.1, 0.15) is 23.3 Å². The van der Waals surface area contributed by atoms with Gasteiger partial charge in [0.05, 0.1) is 12.5 Å². The number of imidazole rings is 1. The largest absolute Gasteiger partial charge is 0.364 e. The molecule has 9 nitrogen and oxygen atoms in total. The number of rotatable bonds is 4. The van der Waals surface area contributed by atoms with Crippen molar-refractivity contribution in [2.45, 2.75) is 32.7 Å². The number of benzene rings is 2. The Morgan fingerprint density at radius 2 is 1.76 bits per heavy atom. The standard InChI is InChI=1S/C20H16O2.C13H12N6O/c1-11-9-17-13(12(2)20(11)22)7-8-15-14-5-3-4-6-16(14)19(21)10-18(15)17;14-12(20)10-5-9(1-3-16-10)2-4-19-8-18-13-11(19)6-15-7-17-13/h3-12H,1-2H3;1,3,5-8H,2,4H2,(H2,14,20). The smallest absolute Gasteiger partial charge is 0.267 e. The van der Waals surface area contributed by atoms with E-state index < -0.39 is 5.91 Å². The highest BCUT2D eigenvalue weighted by Crippen LogP contribution is 2.27. The van der Waals surface area contributed by atoms with Crippen molar-refractivity contribution in [1.82, 2.24) is 24.5 Å². The van der Waals surface area contributed by atoms with Crippen LogP contribution in [0.1, 0.15) is 51.7 Å². The normalized spacial score (nSPS) is 16.7. The number of hydrogen-bond donors (Lipinski definition) is 1. The summed E-state index contributed by atoms with van der Waals surface area (Å²) in [5.41, 5.74) is 11.9. The Hall–Kier alpha value is -5.31. The maximum Gasteiger partial charge on any atom is 0.267 e. The molecule has 2 aromatic carbocycles. The van der Waals surface area contributed by atoms with Crippen molar-refractivity contribution < 1.29 is 14.4 Å². The predicted molar refractivity (Wildman–Crippen MR) is 159 cm³/mol. The first-order valence-electron chi connectivity index (χ1n) is 13.7. The molecule has 0 radical (unpaired) electrons. The number of ketones is 2. The van der Waals surface area contributed by atoms with Gasteiger partial charge in [0, 0.05) is 30.1 Å². The fourth-order valence-corrected chi connectivity index (χ4v) is 5.63. The summed E-state index contributed by atoms with van der Waals surface area (Å²) in [5.74, 6) is -0.443. The zero-order chi connectivity index (χ0) is 29.4. The summed E-state index contributed by atoms with van der Waals surface area (Å²) in [7, 11) is 0. The van der Waals surface area contributed by atoms with E-state index in [1.165, 1.54) is 6.33 Å². The summed E-state index contributed by atoms with van der Waals surface area (Å²) in [6.07, 6.45) is 11.0. The molecule has 2 atom stereocenters. The molecule has 9 heteroatoms. The third-order valence-corrected chi connectivity index (χ3v) is 7.86. The molecule has 0 saturated heterocycles. The lowest BCUT2D eigenvalue weighted by atomic mass is 9.79. The lowest BCUT2D eigenvalue weighted by molar-refractivity contribution is -0.122. The van der Waals surface area contributed by atoms with Crippen LogP contribution < -0.4 is 16.2 Å². The molecular formula is C33H28N6O3. The lowest BCUT2D eigenvalue weighted by Gasteiger charge is -2.23. The predicted octanol–water partition coefficient (Wildman–Crippen LogP) is 3.00. The molecule has 0 aliphatic heterocycles. The summed E-state index contributed by atoms with van der Waals surface area (Å²) < 4.78 is 1.97. The summed E-state index contributed by atoms with van der Waals surface area (Å²) in [6.45, 7) is 4.60. The summed E-state index contributed by atoms with van der Waals surface area (Å²) in [4.78, 5) is 51.9. The van der Waals surface area contributed by atoms with Crippen LogP contribution in [0.3, 0.4) is 0 Å². The highest BCUT2D eigenvalue weighted by molar-refractivity contribution is 6.22. The topological polar surface area (TPSA) is 134 Å². The van der Waals surface area contributed by atoms with Gasteiger partial charge in [-0.15, -0.1) is 0 Å². The molecule has 3 heterocycles.